The Balaban J connectivity index is 0.00000289. The zero-order chi connectivity index (χ0) is 12.7. The molecule has 0 atom stereocenters. The smallest absolute Gasteiger partial charge is 0.344 e. The van der Waals surface area contributed by atoms with Crippen LogP contribution in [0.15, 0.2) is 24.3 Å². The number of halogens is 1. The second-order valence-corrected chi connectivity index (χ2v) is 4.13. The highest BCUT2D eigenvalue weighted by atomic mass is 35.5. The van der Waals surface area contributed by atoms with Crippen molar-refractivity contribution < 1.29 is 14.3 Å². The molecule has 0 aliphatic rings. The minimum absolute atomic E-state index is 0. The summed E-state index contributed by atoms with van der Waals surface area (Å²) in [6.45, 7) is 3.06. The maximum atomic E-state index is 11.3. The molecule has 0 radical (unpaired) electrons. The summed E-state index contributed by atoms with van der Waals surface area (Å²) in [5, 5.41) is 0. The monoisotopic (exact) mass is 273 g/mol. The van der Waals surface area contributed by atoms with Crippen LogP contribution in [0.1, 0.15) is 5.56 Å². The Hall–Kier alpha value is -1.26. The molecule has 1 aromatic rings. The Morgan fingerprint density at radius 2 is 1.83 bits per heavy atom. The average molecular weight is 274 g/mol. The number of aryl methyl sites for hydroxylation is 1. The molecular weight excluding hydrogens is 254 g/mol. The number of benzene rings is 1. The summed E-state index contributed by atoms with van der Waals surface area (Å²) in [7, 11) is 3.85. The van der Waals surface area contributed by atoms with Crippen LogP contribution in [0.25, 0.3) is 0 Å². The maximum absolute atomic E-state index is 11.3. The molecule has 0 bridgehead atoms. The highest BCUT2D eigenvalue weighted by Crippen LogP contribution is 2.11. The number of carbonyl (C=O) groups excluding carboxylic acids is 1. The van der Waals surface area contributed by atoms with E-state index in [1.807, 2.05) is 50.2 Å². The molecule has 0 aromatic heterocycles. The van der Waals surface area contributed by atoms with E-state index in [0.29, 0.717) is 12.4 Å². The third kappa shape index (κ3) is 7.14. The lowest BCUT2D eigenvalue weighted by Crippen LogP contribution is -2.22. The summed E-state index contributed by atoms with van der Waals surface area (Å²) in [6.07, 6.45) is 0. The van der Waals surface area contributed by atoms with Gasteiger partial charge in [-0.25, -0.2) is 4.79 Å². The van der Waals surface area contributed by atoms with Gasteiger partial charge < -0.3 is 14.4 Å². The molecule has 4 nitrogen and oxygen atoms in total. The van der Waals surface area contributed by atoms with E-state index in [-0.39, 0.29) is 25.0 Å². The molecule has 18 heavy (non-hydrogen) atoms. The van der Waals surface area contributed by atoms with Gasteiger partial charge in [-0.3, -0.25) is 0 Å². The molecule has 1 rings (SSSR count). The average Bonchev–Trinajstić information content (AvgIpc) is 2.28. The number of rotatable bonds is 6. The van der Waals surface area contributed by atoms with Gasteiger partial charge in [-0.1, -0.05) is 17.7 Å². The third-order valence-corrected chi connectivity index (χ3v) is 2.18. The topological polar surface area (TPSA) is 38.8 Å². The van der Waals surface area contributed by atoms with Gasteiger partial charge in [0.2, 0.25) is 0 Å². The molecule has 1 aromatic carbocycles. The van der Waals surface area contributed by atoms with Crippen molar-refractivity contribution in [1.29, 1.82) is 0 Å². The van der Waals surface area contributed by atoms with E-state index in [1.165, 1.54) is 0 Å². The van der Waals surface area contributed by atoms with E-state index in [0.717, 1.165) is 12.1 Å². The summed E-state index contributed by atoms with van der Waals surface area (Å²) in [5.41, 5.74) is 1.16. The molecule has 0 fully saturated rings. The highest BCUT2D eigenvalue weighted by Gasteiger charge is 2.04. The Kier molecular flexibility index (Phi) is 8.16. The maximum Gasteiger partial charge on any atom is 0.344 e. The number of carbonyl (C=O) groups is 1. The van der Waals surface area contributed by atoms with E-state index in [9.17, 15) is 4.79 Å². The van der Waals surface area contributed by atoms with Gasteiger partial charge in [0.05, 0.1) is 0 Å². The molecule has 0 saturated heterocycles. The fourth-order valence-electron chi connectivity index (χ4n) is 1.16. The van der Waals surface area contributed by atoms with Crippen molar-refractivity contribution in [3.63, 3.8) is 0 Å². The van der Waals surface area contributed by atoms with Crippen LogP contribution in [0.5, 0.6) is 5.75 Å². The van der Waals surface area contributed by atoms with Crippen LogP contribution >= 0.6 is 12.4 Å². The largest absolute Gasteiger partial charge is 0.482 e. The molecule has 0 aliphatic carbocycles. The van der Waals surface area contributed by atoms with Crippen LogP contribution in [0.4, 0.5) is 0 Å². The summed E-state index contributed by atoms with van der Waals surface area (Å²) >= 11 is 0. The minimum Gasteiger partial charge on any atom is -0.482 e. The quantitative estimate of drug-likeness (QED) is 0.742. The molecule has 5 heteroatoms. The van der Waals surface area contributed by atoms with E-state index in [2.05, 4.69) is 0 Å². The summed E-state index contributed by atoms with van der Waals surface area (Å²) in [6, 6.07) is 7.55. The Morgan fingerprint density at radius 1 is 1.22 bits per heavy atom. The molecule has 0 spiro atoms. The van der Waals surface area contributed by atoms with Crippen molar-refractivity contribution in [1.82, 2.24) is 4.90 Å². The lowest BCUT2D eigenvalue weighted by Gasteiger charge is -2.10. The van der Waals surface area contributed by atoms with E-state index in [4.69, 9.17) is 9.47 Å². The molecule has 0 saturated carbocycles. The SMILES string of the molecule is Cc1ccc(OCC(=O)OCCN(C)C)cc1.Cl. The normalized spacial score (nSPS) is 9.78. The van der Waals surface area contributed by atoms with Gasteiger partial charge in [-0.2, -0.15) is 0 Å². The first kappa shape index (κ1) is 16.7. The van der Waals surface area contributed by atoms with E-state index in [1.54, 1.807) is 0 Å². The molecule has 0 amide bonds. The number of hydrogen-bond acceptors (Lipinski definition) is 4. The molecular formula is C13H20ClNO3. The standard InChI is InChI=1S/C13H19NO3.ClH/c1-11-4-6-12(7-5-11)17-10-13(15)16-9-8-14(2)3;/h4-7H,8-10H2,1-3H3;1H. The molecule has 0 unspecified atom stereocenters. The predicted octanol–water partition coefficient (Wildman–Crippen LogP) is 1.90. The van der Waals surface area contributed by atoms with Crippen molar-refractivity contribution in [2.75, 3.05) is 33.9 Å². The molecule has 0 heterocycles. The number of ether oxygens (including phenoxy) is 2. The lowest BCUT2D eigenvalue weighted by atomic mass is 10.2. The van der Waals surface area contributed by atoms with Gasteiger partial charge in [0, 0.05) is 6.54 Å². The molecule has 0 aliphatic heterocycles. The van der Waals surface area contributed by atoms with Crippen LogP contribution in [0.3, 0.4) is 0 Å². The lowest BCUT2D eigenvalue weighted by molar-refractivity contribution is -0.146. The van der Waals surface area contributed by atoms with Crippen molar-refractivity contribution in [2.45, 2.75) is 6.92 Å². The summed E-state index contributed by atoms with van der Waals surface area (Å²) < 4.78 is 10.3. The van der Waals surface area contributed by atoms with Gasteiger partial charge in [0.1, 0.15) is 12.4 Å². The van der Waals surface area contributed by atoms with Crippen molar-refractivity contribution >= 4 is 18.4 Å². The summed E-state index contributed by atoms with van der Waals surface area (Å²) in [4.78, 5) is 13.3. The van der Waals surface area contributed by atoms with Gasteiger partial charge >= 0.3 is 5.97 Å². The zero-order valence-corrected chi connectivity index (χ0v) is 11.8. The van der Waals surface area contributed by atoms with Crippen molar-refractivity contribution in [3.05, 3.63) is 29.8 Å². The first-order chi connectivity index (χ1) is 8.08. The summed E-state index contributed by atoms with van der Waals surface area (Å²) in [5.74, 6) is 0.340. The van der Waals surface area contributed by atoms with Crippen LogP contribution in [0, 0.1) is 6.92 Å². The number of esters is 1. The number of nitrogens with zero attached hydrogens (tertiary/aromatic N) is 1. The fourth-order valence-corrected chi connectivity index (χ4v) is 1.16. The first-order valence-electron chi connectivity index (χ1n) is 5.58. The van der Waals surface area contributed by atoms with Crippen molar-refractivity contribution in [3.8, 4) is 5.75 Å². The number of likely N-dealkylation sites (N-methyl/N-ethyl adjacent to an activating group) is 1. The van der Waals surface area contributed by atoms with Gasteiger partial charge in [0.15, 0.2) is 6.61 Å². The molecule has 102 valence electrons. The van der Waals surface area contributed by atoms with Gasteiger partial charge in [-0.05, 0) is 33.2 Å². The third-order valence-electron chi connectivity index (χ3n) is 2.18. The second-order valence-electron chi connectivity index (χ2n) is 4.13. The van der Waals surface area contributed by atoms with Crippen LogP contribution in [-0.2, 0) is 9.53 Å². The number of hydrogen-bond donors (Lipinski definition) is 0. The Labute approximate surface area is 114 Å². The van der Waals surface area contributed by atoms with Crippen LogP contribution in [0.2, 0.25) is 0 Å². The van der Waals surface area contributed by atoms with Gasteiger partial charge in [0.25, 0.3) is 0 Å². The molecule has 0 N–H and O–H groups in total. The second kappa shape index (κ2) is 8.78. The van der Waals surface area contributed by atoms with Gasteiger partial charge in [-0.15, -0.1) is 12.4 Å². The minimum atomic E-state index is -0.340. The Morgan fingerprint density at radius 3 is 2.39 bits per heavy atom. The van der Waals surface area contributed by atoms with Crippen LogP contribution < -0.4 is 4.74 Å². The van der Waals surface area contributed by atoms with Crippen molar-refractivity contribution in [2.24, 2.45) is 0 Å². The predicted molar refractivity (Wildman–Crippen MR) is 73.4 cm³/mol. The first-order valence-corrected chi connectivity index (χ1v) is 5.58. The fraction of sp³-hybridized carbons (Fsp3) is 0.462. The highest BCUT2D eigenvalue weighted by molar-refractivity contribution is 5.85. The zero-order valence-electron chi connectivity index (χ0n) is 11.0. The van der Waals surface area contributed by atoms with E-state index >= 15 is 0 Å². The Bertz CT molecular complexity index is 352. The van der Waals surface area contributed by atoms with Crippen LogP contribution in [-0.4, -0.2) is 44.7 Å². The van der Waals surface area contributed by atoms with E-state index < -0.39 is 0 Å².